The van der Waals surface area contributed by atoms with Gasteiger partial charge in [0.05, 0.1) is 0 Å². The monoisotopic (exact) mass is 242 g/mol. The number of esters is 1. The smallest absolute Gasteiger partial charge is 0.335 e. The minimum absolute atomic E-state index is 0.331. The maximum absolute atomic E-state index is 11.3. The number of carbonyl (C=O) groups excluding carboxylic acids is 1. The Labute approximate surface area is 108 Å². The molecule has 0 spiro atoms. The second kappa shape index (κ2) is 6.20. The second-order valence-corrected chi connectivity index (χ2v) is 4.42. The van der Waals surface area contributed by atoms with Crippen LogP contribution in [0.2, 0.25) is 0 Å². The minimum atomic E-state index is -0.331. The Bertz CT molecular complexity index is 466. The van der Waals surface area contributed by atoms with Crippen molar-refractivity contribution in [3.8, 4) is 5.75 Å². The molecule has 0 saturated carbocycles. The predicted molar refractivity (Wildman–Crippen MR) is 73.3 cm³/mol. The van der Waals surface area contributed by atoms with Gasteiger partial charge in [0.2, 0.25) is 0 Å². The van der Waals surface area contributed by atoms with Gasteiger partial charge in [-0.1, -0.05) is 24.3 Å². The van der Waals surface area contributed by atoms with E-state index in [1.54, 1.807) is 13.0 Å². The van der Waals surface area contributed by atoms with Gasteiger partial charge in [0.1, 0.15) is 5.75 Å². The number of benzene rings is 1. The van der Waals surface area contributed by atoms with Gasteiger partial charge >= 0.3 is 5.97 Å². The highest BCUT2D eigenvalue weighted by Crippen LogP contribution is 2.27. The summed E-state index contributed by atoms with van der Waals surface area (Å²) in [7, 11) is 0. The van der Waals surface area contributed by atoms with Crippen molar-refractivity contribution in [2.45, 2.75) is 32.6 Å². The average molecular weight is 242 g/mol. The van der Waals surface area contributed by atoms with E-state index in [-0.39, 0.29) is 5.97 Å². The van der Waals surface area contributed by atoms with Crippen molar-refractivity contribution in [3.05, 3.63) is 48.1 Å². The van der Waals surface area contributed by atoms with E-state index in [0.29, 0.717) is 5.75 Å². The molecule has 1 aromatic rings. The molecule has 1 aliphatic carbocycles. The average Bonchev–Trinajstić information content (AvgIpc) is 2.41. The van der Waals surface area contributed by atoms with Crippen molar-refractivity contribution in [3.63, 3.8) is 0 Å². The highest BCUT2D eigenvalue weighted by Gasteiger charge is 2.06. The zero-order valence-electron chi connectivity index (χ0n) is 10.7. The number of rotatable bonds is 3. The molecule has 0 unspecified atom stereocenters. The van der Waals surface area contributed by atoms with Crippen molar-refractivity contribution in [2.24, 2.45) is 0 Å². The molecule has 1 aromatic carbocycles. The summed E-state index contributed by atoms with van der Waals surface area (Å²) in [5, 5.41) is 0. The molecular formula is C16H18O2. The third-order valence-corrected chi connectivity index (χ3v) is 3.04. The molecule has 2 nitrogen and oxygen atoms in total. The normalized spacial score (nSPS) is 15.5. The van der Waals surface area contributed by atoms with Crippen molar-refractivity contribution in [1.82, 2.24) is 0 Å². The molecule has 1 aliphatic rings. The molecule has 0 aromatic heterocycles. The SMILES string of the molecule is CC=CC(=O)Oc1ccc(C2=CCCCC2)cc1. The summed E-state index contributed by atoms with van der Waals surface area (Å²) in [6.07, 6.45) is 10.3. The summed E-state index contributed by atoms with van der Waals surface area (Å²) < 4.78 is 5.15. The molecule has 0 radical (unpaired) electrons. The molecule has 18 heavy (non-hydrogen) atoms. The van der Waals surface area contributed by atoms with E-state index in [0.717, 1.165) is 6.42 Å². The lowest BCUT2D eigenvalue weighted by molar-refractivity contribution is -0.129. The summed E-state index contributed by atoms with van der Waals surface area (Å²) in [5.41, 5.74) is 2.65. The van der Waals surface area contributed by atoms with Gasteiger partial charge < -0.3 is 4.74 Å². The Morgan fingerprint density at radius 2 is 2.00 bits per heavy atom. The molecule has 0 N–H and O–H groups in total. The number of allylic oxidation sites excluding steroid dienone is 3. The summed E-state index contributed by atoms with van der Waals surface area (Å²) in [4.78, 5) is 11.3. The highest BCUT2D eigenvalue weighted by atomic mass is 16.5. The summed E-state index contributed by atoms with van der Waals surface area (Å²) in [6, 6.07) is 7.75. The van der Waals surface area contributed by atoms with E-state index in [1.165, 1.54) is 36.5 Å². The molecular weight excluding hydrogens is 224 g/mol. The summed E-state index contributed by atoms with van der Waals surface area (Å²) >= 11 is 0. The Morgan fingerprint density at radius 1 is 1.22 bits per heavy atom. The number of hydrogen-bond donors (Lipinski definition) is 0. The van der Waals surface area contributed by atoms with Crippen LogP contribution in [-0.4, -0.2) is 5.97 Å². The standard InChI is InChI=1S/C16H18O2/c1-2-6-16(17)18-15-11-9-14(10-12-15)13-7-4-3-5-8-13/h2,6-7,9-12H,3-5,8H2,1H3. The minimum Gasteiger partial charge on any atom is -0.423 e. The molecule has 2 heteroatoms. The topological polar surface area (TPSA) is 26.3 Å². The van der Waals surface area contributed by atoms with Crippen LogP contribution in [0.15, 0.2) is 42.5 Å². The molecule has 2 rings (SSSR count). The lowest BCUT2D eigenvalue weighted by atomic mass is 9.94. The van der Waals surface area contributed by atoms with Gasteiger partial charge in [0, 0.05) is 6.08 Å². The van der Waals surface area contributed by atoms with Crippen LogP contribution in [0.5, 0.6) is 5.75 Å². The lowest BCUT2D eigenvalue weighted by Crippen LogP contribution is -2.03. The molecule has 0 atom stereocenters. The maximum Gasteiger partial charge on any atom is 0.335 e. The zero-order valence-corrected chi connectivity index (χ0v) is 10.7. The third kappa shape index (κ3) is 3.33. The fourth-order valence-corrected chi connectivity index (χ4v) is 2.12. The number of hydrogen-bond acceptors (Lipinski definition) is 2. The highest BCUT2D eigenvalue weighted by molar-refractivity contribution is 5.84. The van der Waals surface area contributed by atoms with Gasteiger partial charge in [-0.3, -0.25) is 0 Å². The fourth-order valence-electron chi connectivity index (χ4n) is 2.12. The van der Waals surface area contributed by atoms with Crippen molar-refractivity contribution < 1.29 is 9.53 Å². The third-order valence-electron chi connectivity index (χ3n) is 3.04. The Morgan fingerprint density at radius 3 is 2.61 bits per heavy atom. The Hall–Kier alpha value is -1.83. The van der Waals surface area contributed by atoms with E-state index in [9.17, 15) is 4.79 Å². The second-order valence-electron chi connectivity index (χ2n) is 4.42. The van der Waals surface area contributed by atoms with E-state index in [2.05, 4.69) is 6.08 Å². The maximum atomic E-state index is 11.3. The van der Waals surface area contributed by atoms with Crippen LogP contribution in [0.1, 0.15) is 38.2 Å². The van der Waals surface area contributed by atoms with E-state index in [4.69, 9.17) is 4.74 Å². The molecule has 0 aliphatic heterocycles. The van der Waals surface area contributed by atoms with Crippen molar-refractivity contribution in [2.75, 3.05) is 0 Å². The largest absolute Gasteiger partial charge is 0.423 e. The van der Waals surface area contributed by atoms with Crippen LogP contribution in [0.25, 0.3) is 5.57 Å². The van der Waals surface area contributed by atoms with Crippen LogP contribution in [0.3, 0.4) is 0 Å². The van der Waals surface area contributed by atoms with E-state index in [1.807, 2.05) is 24.3 Å². The molecule has 0 amide bonds. The molecule has 0 saturated heterocycles. The van der Waals surface area contributed by atoms with Gasteiger partial charge in [-0.2, -0.15) is 0 Å². The van der Waals surface area contributed by atoms with Crippen molar-refractivity contribution >= 4 is 11.5 Å². The van der Waals surface area contributed by atoms with Crippen LogP contribution in [-0.2, 0) is 4.79 Å². The summed E-state index contributed by atoms with van der Waals surface area (Å²) in [6.45, 7) is 1.79. The molecule has 0 bridgehead atoms. The molecule has 0 heterocycles. The van der Waals surface area contributed by atoms with Gasteiger partial charge in [0.25, 0.3) is 0 Å². The van der Waals surface area contributed by atoms with Crippen LogP contribution in [0.4, 0.5) is 0 Å². The predicted octanol–water partition coefficient (Wildman–Crippen LogP) is 4.13. The van der Waals surface area contributed by atoms with Gasteiger partial charge in [-0.25, -0.2) is 4.79 Å². The number of ether oxygens (including phenoxy) is 1. The number of carbonyl (C=O) groups is 1. The Kier molecular flexibility index (Phi) is 4.35. The fraction of sp³-hybridized carbons (Fsp3) is 0.312. The van der Waals surface area contributed by atoms with Crippen LogP contribution < -0.4 is 4.74 Å². The Balaban J connectivity index is 2.05. The first kappa shape index (κ1) is 12.6. The lowest BCUT2D eigenvalue weighted by Gasteiger charge is -2.13. The van der Waals surface area contributed by atoms with Gasteiger partial charge in [-0.15, -0.1) is 0 Å². The summed E-state index contributed by atoms with van der Waals surface area (Å²) in [5.74, 6) is 0.264. The molecule has 94 valence electrons. The first-order valence-electron chi connectivity index (χ1n) is 6.43. The first-order valence-corrected chi connectivity index (χ1v) is 6.43. The first-order chi connectivity index (χ1) is 8.79. The van der Waals surface area contributed by atoms with Crippen molar-refractivity contribution in [1.29, 1.82) is 0 Å². The van der Waals surface area contributed by atoms with Crippen LogP contribution in [0, 0.1) is 0 Å². The van der Waals surface area contributed by atoms with E-state index >= 15 is 0 Å². The van der Waals surface area contributed by atoms with E-state index < -0.39 is 0 Å². The zero-order chi connectivity index (χ0) is 12.8. The van der Waals surface area contributed by atoms with Crippen LogP contribution >= 0.6 is 0 Å². The van der Waals surface area contributed by atoms with Gasteiger partial charge in [0.15, 0.2) is 0 Å². The quantitative estimate of drug-likeness (QED) is 0.452. The molecule has 0 fully saturated rings. The van der Waals surface area contributed by atoms with Gasteiger partial charge in [-0.05, 0) is 55.9 Å².